The number of nitrogens with zero attached hydrogens (tertiary/aromatic N) is 3. The van der Waals surface area contributed by atoms with E-state index in [1.54, 1.807) is 0 Å². The first-order valence-corrected chi connectivity index (χ1v) is 5.83. The predicted molar refractivity (Wildman–Crippen MR) is 70.9 cm³/mol. The Morgan fingerprint density at radius 1 is 1.28 bits per heavy atom. The highest BCUT2D eigenvalue weighted by molar-refractivity contribution is 5.84. The number of nitrogens with one attached hydrogen (secondary N) is 1. The first kappa shape index (κ1) is 10.7. The summed E-state index contributed by atoms with van der Waals surface area (Å²) in [6.45, 7) is 2.13. The summed E-state index contributed by atoms with van der Waals surface area (Å²) in [5.74, 6) is 1.19. The molecule has 3 aromatic rings. The van der Waals surface area contributed by atoms with E-state index >= 15 is 0 Å². The second-order valence-corrected chi connectivity index (χ2v) is 4.10. The summed E-state index contributed by atoms with van der Waals surface area (Å²) < 4.78 is 0. The van der Waals surface area contributed by atoms with Gasteiger partial charge < -0.3 is 10.7 Å². The third kappa shape index (κ3) is 1.69. The van der Waals surface area contributed by atoms with Gasteiger partial charge in [-0.15, -0.1) is 0 Å². The van der Waals surface area contributed by atoms with Gasteiger partial charge in [-0.3, -0.25) is 0 Å². The maximum Gasteiger partial charge on any atom is 0.183 e. The zero-order chi connectivity index (χ0) is 12.5. The number of aromatic amines is 1. The molecule has 0 radical (unpaired) electrons. The molecule has 0 atom stereocenters. The number of imidazole rings is 1. The second kappa shape index (κ2) is 4.10. The molecule has 0 spiro atoms. The van der Waals surface area contributed by atoms with Gasteiger partial charge in [0.15, 0.2) is 11.5 Å². The number of anilines is 1. The molecule has 3 N–H and O–H groups in total. The lowest BCUT2D eigenvalue weighted by molar-refractivity contribution is 1.14. The van der Waals surface area contributed by atoms with Gasteiger partial charge >= 0.3 is 0 Å². The van der Waals surface area contributed by atoms with Gasteiger partial charge in [-0.05, 0) is 18.1 Å². The molecule has 0 unspecified atom stereocenters. The van der Waals surface area contributed by atoms with Crippen molar-refractivity contribution in [3.63, 3.8) is 0 Å². The Morgan fingerprint density at radius 2 is 2.17 bits per heavy atom. The summed E-state index contributed by atoms with van der Waals surface area (Å²) in [6.07, 6.45) is 2.42. The van der Waals surface area contributed by atoms with E-state index in [9.17, 15) is 0 Å². The molecule has 0 amide bonds. The quantitative estimate of drug-likeness (QED) is 0.718. The number of nitrogens with two attached hydrogens (primary N) is 1. The molecule has 0 fully saturated rings. The third-order valence-corrected chi connectivity index (χ3v) is 2.93. The van der Waals surface area contributed by atoms with Crippen LogP contribution >= 0.6 is 0 Å². The van der Waals surface area contributed by atoms with E-state index in [-0.39, 0.29) is 0 Å². The van der Waals surface area contributed by atoms with Crippen LogP contribution in [0.4, 0.5) is 5.82 Å². The van der Waals surface area contributed by atoms with Crippen molar-refractivity contribution in [3.05, 3.63) is 36.2 Å². The highest BCUT2D eigenvalue weighted by Gasteiger charge is 2.09. The van der Waals surface area contributed by atoms with Crippen molar-refractivity contribution < 1.29 is 0 Å². The van der Waals surface area contributed by atoms with Crippen LogP contribution < -0.4 is 5.73 Å². The summed E-state index contributed by atoms with van der Waals surface area (Å²) in [7, 11) is 0. The summed E-state index contributed by atoms with van der Waals surface area (Å²) in [6, 6.07) is 8.25. The largest absolute Gasteiger partial charge is 0.382 e. The zero-order valence-corrected chi connectivity index (χ0v) is 10.0. The lowest BCUT2D eigenvalue weighted by Gasteiger charge is -1.99. The molecule has 5 heteroatoms. The van der Waals surface area contributed by atoms with E-state index in [0.29, 0.717) is 17.0 Å². The van der Waals surface area contributed by atoms with Gasteiger partial charge in [-0.1, -0.05) is 25.1 Å². The highest BCUT2D eigenvalue weighted by Crippen LogP contribution is 2.22. The molecule has 2 heterocycles. The lowest BCUT2D eigenvalue weighted by atomic mass is 10.1. The monoisotopic (exact) mass is 239 g/mol. The van der Waals surface area contributed by atoms with Crippen LogP contribution in [0.15, 0.2) is 30.6 Å². The predicted octanol–water partition coefficient (Wildman–Crippen LogP) is 2.16. The van der Waals surface area contributed by atoms with Crippen molar-refractivity contribution in [2.75, 3.05) is 5.73 Å². The second-order valence-electron chi connectivity index (χ2n) is 4.10. The number of benzene rings is 1. The van der Waals surface area contributed by atoms with Gasteiger partial charge in [-0.2, -0.15) is 0 Å². The Morgan fingerprint density at radius 3 is 2.94 bits per heavy atom. The van der Waals surface area contributed by atoms with Gasteiger partial charge in [0, 0.05) is 5.56 Å². The highest BCUT2D eigenvalue weighted by atomic mass is 15.0. The summed E-state index contributed by atoms with van der Waals surface area (Å²) in [4.78, 5) is 15.6. The van der Waals surface area contributed by atoms with E-state index in [0.717, 1.165) is 17.8 Å². The summed E-state index contributed by atoms with van der Waals surface area (Å²) in [5.41, 5.74) is 9.37. The molecule has 0 saturated heterocycles. The minimum absolute atomic E-state index is 0.422. The SMILES string of the molecule is CCc1cccc(-c2nc3ncnc(N)c3[nH]2)c1. The Labute approximate surface area is 104 Å². The van der Waals surface area contributed by atoms with Crippen molar-refractivity contribution in [1.29, 1.82) is 0 Å². The summed E-state index contributed by atoms with van der Waals surface area (Å²) >= 11 is 0. The van der Waals surface area contributed by atoms with E-state index in [4.69, 9.17) is 5.73 Å². The normalized spacial score (nSPS) is 10.9. The first-order chi connectivity index (χ1) is 8.78. The number of aromatic nitrogens is 4. The van der Waals surface area contributed by atoms with Crippen LogP contribution in [0.2, 0.25) is 0 Å². The Bertz CT molecular complexity index is 701. The maximum absolute atomic E-state index is 5.78. The van der Waals surface area contributed by atoms with E-state index in [1.165, 1.54) is 11.9 Å². The number of hydrogen-bond acceptors (Lipinski definition) is 4. The molecule has 3 rings (SSSR count). The minimum atomic E-state index is 0.422. The van der Waals surface area contributed by atoms with Crippen LogP contribution in [0.5, 0.6) is 0 Å². The molecule has 0 bridgehead atoms. The molecule has 0 saturated carbocycles. The van der Waals surface area contributed by atoms with Crippen molar-refractivity contribution >= 4 is 17.0 Å². The van der Waals surface area contributed by atoms with Gasteiger partial charge in [-0.25, -0.2) is 15.0 Å². The molecule has 1 aromatic carbocycles. The zero-order valence-electron chi connectivity index (χ0n) is 10.0. The fourth-order valence-electron chi connectivity index (χ4n) is 1.92. The fourth-order valence-corrected chi connectivity index (χ4v) is 1.92. The Balaban J connectivity index is 2.16. The maximum atomic E-state index is 5.78. The molecule has 0 aliphatic heterocycles. The van der Waals surface area contributed by atoms with Gasteiger partial charge in [0.2, 0.25) is 0 Å². The van der Waals surface area contributed by atoms with Crippen LogP contribution in [0.25, 0.3) is 22.6 Å². The van der Waals surface area contributed by atoms with Crippen molar-refractivity contribution in [2.45, 2.75) is 13.3 Å². The molecular formula is C13H13N5. The topological polar surface area (TPSA) is 80.5 Å². The van der Waals surface area contributed by atoms with Crippen molar-refractivity contribution in [2.24, 2.45) is 0 Å². The van der Waals surface area contributed by atoms with Crippen LogP contribution in [0.1, 0.15) is 12.5 Å². The Kier molecular flexibility index (Phi) is 2.44. The van der Waals surface area contributed by atoms with Crippen LogP contribution in [-0.2, 0) is 6.42 Å². The molecule has 2 aromatic heterocycles. The summed E-state index contributed by atoms with van der Waals surface area (Å²) in [5, 5.41) is 0. The lowest BCUT2D eigenvalue weighted by Crippen LogP contribution is -1.91. The number of fused-ring (bicyclic) bond motifs is 1. The van der Waals surface area contributed by atoms with Gasteiger partial charge in [0.25, 0.3) is 0 Å². The number of aryl methyl sites for hydroxylation is 1. The third-order valence-electron chi connectivity index (χ3n) is 2.93. The number of H-pyrrole nitrogens is 1. The van der Waals surface area contributed by atoms with E-state index in [2.05, 4.69) is 39.0 Å². The van der Waals surface area contributed by atoms with E-state index < -0.39 is 0 Å². The Hall–Kier alpha value is -2.43. The molecule has 5 nitrogen and oxygen atoms in total. The molecule has 90 valence electrons. The number of nitrogen functional groups attached to an aromatic ring is 1. The smallest absolute Gasteiger partial charge is 0.183 e. The van der Waals surface area contributed by atoms with Crippen molar-refractivity contribution in [3.8, 4) is 11.4 Å². The van der Waals surface area contributed by atoms with Gasteiger partial charge in [0.1, 0.15) is 17.7 Å². The molecule has 0 aliphatic carbocycles. The van der Waals surface area contributed by atoms with E-state index in [1.807, 2.05) is 12.1 Å². The number of rotatable bonds is 2. The van der Waals surface area contributed by atoms with Crippen molar-refractivity contribution in [1.82, 2.24) is 19.9 Å². The molecular weight excluding hydrogens is 226 g/mol. The first-order valence-electron chi connectivity index (χ1n) is 5.83. The minimum Gasteiger partial charge on any atom is -0.382 e. The van der Waals surface area contributed by atoms with Crippen LogP contribution in [0.3, 0.4) is 0 Å². The number of hydrogen-bond donors (Lipinski definition) is 2. The van der Waals surface area contributed by atoms with Gasteiger partial charge in [0.05, 0.1) is 0 Å². The molecule has 0 aliphatic rings. The van der Waals surface area contributed by atoms with Crippen LogP contribution in [0, 0.1) is 0 Å². The standard InChI is InChI=1S/C13H13N5/c1-2-8-4-3-5-9(6-8)12-17-10-11(14)15-7-16-13(10)18-12/h3-7H,2H2,1H3,(H3,14,15,16,17,18). The van der Waals surface area contributed by atoms with Crippen LogP contribution in [-0.4, -0.2) is 19.9 Å². The average molecular weight is 239 g/mol. The molecule has 18 heavy (non-hydrogen) atoms. The fraction of sp³-hybridized carbons (Fsp3) is 0.154. The average Bonchev–Trinajstić information content (AvgIpc) is 2.84.